The summed E-state index contributed by atoms with van der Waals surface area (Å²) >= 11 is 0. The van der Waals surface area contributed by atoms with Crippen LogP contribution in [0.4, 0.5) is 11.6 Å². The summed E-state index contributed by atoms with van der Waals surface area (Å²) in [5.74, 6) is 0.807. The molecule has 2 aromatic rings. The smallest absolute Gasteiger partial charge is 0.269 e. The van der Waals surface area contributed by atoms with E-state index in [1.54, 1.807) is 6.26 Å². The van der Waals surface area contributed by atoms with Crippen molar-refractivity contribution in [3.8, 4) is 0 Å². The minimum Gasteiger partial charge on any atom is -0.449 e. The van der Waals surface area contributed by atoms with Gasteiger partial charge in [0.25, 0.3) is 5.69 Å². The lowest BCUT2D eigenvalue weighted by molar-refractivity contribution is -0.384. The van der Waals surface area contributed by atoms with Crippen LogP contribution in [-0.4, -0.2) is 56.2 Å². The fourth-order valence-electron chi connectivity index (χ4n) is 3.13. The van der Waals surface area contributed by atoms with E-state index in [2.05, 4.69) is 9.80 Å². The maximum atomic E-state index is 12.6. The predicted molar refractivity (Wildman–Crippen MR) is 97.1 cm³/mol. The van der Waals surface area contributed by atoms with E-state index in [0.29, 0.717) is 0 Å². The molecule has 0 aliphatic carbocycles. The van der Waals surface area contributed by atoms with E-state index in [1.807, 2.05) is 19.1 Å². The molecule has 1 aromatic heterocycles. The number of sulfone groups is 1. The average molecular weight is 379 g/mol. The van der Waals surface area contributed by atoms with Gasteiger partial charge >= 0.3 is 0 Å². The van der Waals surface area contributed by atoms with E-state index in [1.165, 1.54) is 24.3 Å². The Hall–Kier alpha value is -2.39. The number of rotatable bonds is 6. The summed E-state index contributed by atoms with van der Waals surface area (Å²) in [4.78, 5) is 14.5. The van der Waals surface area contributed by atoms with Crippen molar-refractivity contribution in [2.75, 3.05) is 36.8 Å². The third-order valence-electron chi connectivity index (χ3n) is 4.62. The van der Waals surface area contributed by atoms with Crippen molar-refractivity contribution in [3.63, 3.8) is 0 Å². The molecule has 0 bridgehead atoms. The molecule has 0 saturated carbocycles. The van der Waals surface area contributed by atoms with Gasteiger partial charge in [0.1, 0.15) is 0 Å². The first-order valence-electron chi connectivity index (χ1n) is 8.36. The molecule has 26 heavy (non-hydrogen) atoms. The minimum atomic E-state index is -3.50. The molecule has 3 rings (SSSR count). The number of piperazine rings is 1. The molecule has 1 saturated heterocycles. The highest BCUT2D eigenvalue weighted by atomic mass is 32.2. The van der Waals surface area contributed by atoms with Crippen LogP contribution < -0.4 is 4.90 Å². The van der Waals surface area contributed by atoms with Gasteiger partial charge in [-0.15, -0.1) is 0 Å². The summed E-state index contributed by atoms with van der Waals surface area (Å²) in [7, 11) is -3.50. The van der Waals surface area contributed by atoms with Crippen molar-refractivity contribution in [1.82, 2.24) is 4.90 Å². The Balaban J connectivity index is 1.60. The quantitative estimate of drug-likeness (QED) is 0.560. The largest absolute Gasteiger partial charge is 0.449 e. The van der Waals surface area contributed by atoms with E-state index in [9.17, 15) is 18.5 Å². The number of nitro groups is 1. The van der Waals surface area contributed by atoms with Gasteiger partial charge in [-0.25, -0.2) is 8.42 Å². The maximum Gasteiger partial charge on any atom is 0.269 e. The van der Waals surface area contributed by atoms with Gasteiger partial charge in [0.05, 0.1) is 21.8 Å². The van der Waals surface area contributed by atoms with Crippen LogP contribution in [0, 0.1) is 10.1 Å². The lowest BCUT2D eigenvalue weighted by Crippen LogP contribution is -2.51. The van der Waals surface area contributed by atoms with E-state index >= 15 is 0 Å². The monoisotopic (exact) mass is 379 g/mol. The van der Waals surface area contributed by atoms with E-state index in [4.69, 9.17) is 4.42 Å². The molecule has 1 aromatic carbocycles. The van der Waals surface area contributed by atoms with E-state index in [0.717, 1.165) is 32.1 Å². The average Bonchev–Trinajstić information content (AvgIpc) is 3.16. The van der Waals surface area contributed by atoms with Gasteiger partial charge in [0, 0.05) is 50.4 Å². The predicted octanol–water partition coefficient (Wildman–Crippen LogP) is 2.17. The molecule has 1 aliphatic rings. The molecular formula is C17H21N3O5S. The molecule has 1 aliphatic heterocycles. The highest BCUT2D eigenvalue weighted by Gasteiger charge is 2.27. The maximum absolute atomic E-state index is 12.6. The second-order valence-corrected chi connectivity index (χ2v) is 8.39. The molecule has 8 nitrogen and oxygen atoms in total. The van der Waals surface area contributed by atoms with Crippen molar-refractivity contribution in [2.24, 2.45) is 0 Å². The van der Waals surface area contributed by atoms with Gasteiger partial charge in [-0.2, -0.15) is 0 Å². The van der Waals surface area contributed by atoms with Crippen molar-refractivity contribution < 1.29 is 17.8 Å². The molecule has 2 heterocycles. The van der Waals surface area contributed by atoms with Crippen LogP contribution >= 0.6 is 0 Å². The first-order valence-corrected chi connectivity index (χ1v) is 10.0. The molecule has 9 heteroatoms. The number of non-ortho nitro benzene ring substituents is 1. The topological polar surface area (TPSA) is 96.9 Å². The SMILES string of the molecule is CC(CS(=O)(=O)c1ccc([N+](=O)[O-])cc1)N1CCN(c2ccco2)CC1. The van der Waals surface area contributed by atoms with Crippen LogP contribution in [0.2, 0.25) is 0 Å². The van der Waals surface area contributed by atoms with Crippen LogP contribution in [0.15, 0.2) is 52.0 Å². The fourth-order valence-corrected chi connectivity index (χ4v) is 4.72. The second kappa shape index (κ2) is 7.46. The molecule has 140 valence electrons. The summed E-state index contributed by atoms with van der Waals surface area (Å²) in [6.07, 6.45) is 1.64. The Morgan fingerprint density at radius 3 is 2.35 bits per heavy atom. The first-order chi connectivity index (χ1) is 12.4. The summed E-state index contributed by atoms with van der Waals surface area (Å²) in [6.45, 7) is 4.94. The van der Waals surface area contributed by atoms with Crippen LogP contribution in [-0.2, 0) is 9.84 Å². The molecule has 1 fully saturated rings. The molecular weight excluding hydrogens is 358 g/mol. The van der Waals surface area contributed by atoms with Gasteiger partial charge in [-0.05, 0) is 25.1 Å². The van der Waals surface area contributed by atoms with Gasteiger partial charge in [-0.3, -0.25) is 15.0 Å². The zero-order chi connectivity index (χ0) is 18.7. The van der Waals surface area contributed by atoms with Crippen molar-refractivity contribution in [2.45, 2.75) is 17.9 Å². The number of benzene rings is 1. The van der Waals surface area contributed by atoms with Crippen LogP contribution in [0.3, 0.4) is 0 Å². The second-order valence-electron chi connectivity index (χ2n) is 6.36. The number of furan rings is 1. The molecule has 0 spiro atoms. The highest BCUT2D eigenvalue weighted by Crippen LogP contribution is 2.21. The number of anilines is 1. The summed E-state index contributed by atoms with van der Waals surface area (Å²) in [5.41, 5.74) is -0.119. The normalized spacial score (nSPS) is 17.2. The number of hydrogen-bond acceptors (Lipinski definition) is 7. The molecule has 1 atom stereocenters. The van der Waals surface area contributed by atoms with Gasteiger partial charge in [0.2, 0.25) is 0 Å². The highest BCUT2D eigenvalue weighted by molar-refractivity contribution is 7.91. The zero-order valence-corrected chi connectivity index (χ0v) is 15.3. The van der Waals surface area contributed by atoms with E-state index in [-0.39, 0.29) is 22.4 Å². The Morgan fingerprint density at radius 2 is 1.81 bits per heavy atom. The van der Waals surface area contributed by atoms with Gasteiger partial charge < -0.3 is 9.32 Å². The third kappa shape index (κ3) is 4.05. The van der Waals surface area contributed by atoms with Crippen LogP contribution in [0.25, 0.3) is 0 Å². The Bertz CT molecular complexity index is 841. The Kier molecular flexibility index (Phi) is 5.28. The Labute approximate surface area is 152 Å². The number of nitro benzene ring substituents is 1. The first kappa shape index (κ1) is 18.4. The number of nitrogens with zero attached hydrogens (tertiary/aromatic N) is 3. The minimum absolute atomic E-state index is 0.0223. The zero-order valence-electron chi connectivity index (χ0n) is 14.4. The van der Waals surface area contributed by atoms with Crippen molar-refractivity contribution in [1.29, 1.82) is 0 Å². The van der Waals surface area contributed by atoms with Crippen LogP contribution in [0.5, 0.6) is 0 Å². The van der Waals surface area contributed by atoms with Crippen molar-refractivity contribution in [3.05, 3.63) is 52.8 Å². The summed E-state index contributed by atoms with van der Waals surface area (Å²) in [5, 5.41) is 10.7. The number of hydrogen-bond donors (Lipinski definition) is 0. The lowest BCUT2D eigenvalue weighted by Gasteiger charge is -2.37. The summed E-state index contributed by atoms with van der Waals surface area (Å²) in [6, 6.07) is 8.66. The Morgan fingerprint density at radius 1 is 1.15 bits per heavy atom. The molecule has 0 N–H and O–H groups in total. The third-order valence-corrected chi connectivity index (χ3v) is 6.53. The molecule has 0 radical (unpaired) electrons. The van der Waals surface area contributed by atoms with Gasteiger partial charge in [0.15, 0.2) is 15.7 Å². The van der Waals surface area contributed by atoms with Crippen LogP contribution in [0.1, 0.15) is 6.92 Å². The fraction of sp³-hybridized carbons (Fsp3) is 0.412. The molecule has 0 amide bonds. The van der Waals surface area contributed by atoms with Gasteiger partial charge in [-0.1, -0.05) is 0 Å². The van der Waals surface area contributed by atoms with E-state index < -0.39 is 14.8 Å². The molecule has 1 unspecified atom stereocenters. The summed E-state index contributed by atoms with van der Waals surface area (Å²) < 4.78 is 30.6. The standard InChI is InChI=1S/C17H21N3O5S/c1-14(18-8-10-19(11-9-18)17-3-2-12-25-17)13-26(23,24)16-6-4-15(5-7-16)20(21)22/h2-7,12,14H,8-11,13H2,1H3. The van der Waals surface area contributed by atoms with Crippen molar-refractivity contribution >= 4 is 21.4 Å². The lowest BCUT2D eigenvalue weighted by atomic mass is 10.2.